The Morgan fingerprint density at radius 2 is 2.20 bits per heavy atom. The quantitative estimate of drug-likeness (QED) is 0.780. The minimum atomic E-state index is 0.466. The van der Waals surface area contributed by atoms with Crippen LogP contribution in [0.2, 0.25) is 0 Å². The van der Waals surface area contributed by atoms with E-state index in [2.05, 4.69) is 30.5 Å². The lowest BCUT2D eigenvalue weighted by molar-refractivity contribution is 0.519. The van der Waals surface area contributed by atoms with Crippen LogP contribution in [0.4, 0.5) is 0 Å². The van der Waals surface area contributed by atoms with E-state index in [4.69, 9.17) is 0 Å². The van der Waals surface area contributed by atoms with Gasteiger partial charge in [-0.2, -0.15) is 5.10 Å². The highest BCUT2D eigenvalue weighted by Gasteiger charge is 2.15. The zero-order chi connectivity index (χ0) is 11.3. The number of hydrogen-bond acceptors (Lipinski definition) is 2. The van der Waals surface area contributed by atoms with Crippen LogP contribution in [0.1, 0.15) is 50.4 Å². The van der Waals surface area contributed by atoms with E-state index in [-0.39, 0.29) is 0 Å². The number of nitrogens with one attached hydrogen (secondary N) is 1. The summed E-state index contributed by atoms with van der Waals surface area (Å²) in [6.07, 6.45) is 6.88. The maximum Gasteiger partial charge on any atom is 0.0669 e. The van der Waals surface area contributed by atoms with Crippen LogP contribution in [0.3, 0.4) is 0 Å². The van der Waals surface area contributed by atoms with Crippen molar-refractivity contribution in [1.82, 2.24) is 15.1 Å². The average molecular weight is 209 g/mol. The molecule has 0 aliphatic carbocycles. The molecule has 1 rings (SSSR count). The lowest BCUT2D eigenvalue weighted by Crippen LogP contribution is -2.17. The molecule has 1 heterocycles. The van der Waals surface area contributed by atoms with Crippen molar-refractivity contribution in [3.63, 3.8) is 0 Å². The van der Waals surface area contributed by atoms with Crippen molar-refractivity contribution in [2.24, 2.45) is 7.05 Å². The third-order valence-electron chi connectivity index (χ3n) is 2.84. The van der Waals surface area contributed by atoms with Gasteiger partial charge < -0.3 is 5.32 Å². The molecular weight excluding hydrogens is 186 g/mol. The molecule has 0 radical (unpaired) electrons. The topological polar surface area (TPSA) is 29.9 Å². The minimum absolute atomic E-state index is 0.466. The highest BCUT2D eigenvalue weighted by molar-refractivity contribution is 5.21. The Balaban J connectivity index is 2.80. The van der Waals surface area contributed by atoms with Gasteiger partial charge in [0.2, 0.25) is 0 Å². The first-order valence-corrected chi connectivity index (χ1v) is 5.92. The molecule has 1 N–H and O–H groups in total. The zero-order valence-corrected chi connectivity index (χ0v) is 10.4. The summed E-state index contributed by atoms with van der Waals surface area (Å²) >= 11 is 0. The first-order valence-electron chi connectivity index (χ1n) is 5.92. The largest absolute Gasteiger partial charge is 0.313 e. The van der Waals surface area contributed by atoms with Crippen LogP contribution in [0.15, 0.2) is 6.20 Å². The molecule has 0 aromatic carbocycles. The summed E-state index contributed by atoms with van der Waals surface area (Å²) in [7, 11) is 4.03. The third kappa shape index (κ3) is 3.06. The van der Waals surface area contributed by atoms with Crippen molar-refractivity contribution in [2.45, 2.75) is 45.6 Å². The van der Waals surface area contributed by atoms with Crippen LogP contribution in [0, 0.1) is 0 Å². The number of hydrogen-bond donors (Lipinski definition) is 1. The molecule has 1 unspecified atom stereocenters. The third-order valence-corrected chi connectivity index (χ3v) is 2.84. The molecule has 0 saturated heterocycles. The number of unbranched alkanes of at least 4 members (excludes halogenated alkanes) is 1. The number of rotatable bonds is 6. The van der Waals surface area contributed by atoms with Gasteiger partial charge in [-0.25, -0.2) is 0 Å². The molecule has 0 amide bonds. The van der Waals surface area contributed by atoms with Crippen LogP contribution < -0.4 is 5.32 Å². The van der Waals surface area contributed by atoms with Gasteiger partial charge in [-0.1, -0.05) is 26.7 Å². The Hall–Kier alpha value is -0.830. The SMILES string of the molecule is CCCCC(NC)c1cn(C)nc1CC. The number of aromatic nitrogens is 2. The van der Waals surface area contributed by atoms with Crippen molar-refractivity contribution in [3.05, 3.63) is 17.5 Å². The summed E-state index contributed by atoms with van der Waals surface area (Å²) in [5.41, 5.74) is 2.60. The average Bonchev–Trinajstić information content (AvgIpc) is 2.61. The van der Waals surface area contributed by atoms with Gasteiger partial charge in [0.25, 0.3) is 0 Å². The molecule has 1 aromatic heterocycles. The lowest BCUT2D eigenvalue weighted by atomic mass is 10.0. The second-order valence-corrected chi connectivity index (χ2v) is 4.04. The second kappa shape index (κ2) is 5.91. The Kier molecular flexibility index (Phi) is 4.82. The molecule has 0 bridgehead atoms. The predicted octanol–water partition coefficient (Wildman–Crippen LogP) is 2.43. The van der Waals surface area contributed by atoms with Gasteiger partial charge in [0.05, 0.1) is 5.69 Å². The van der Waals surface area contributed by atoms with Gasteiger partial charge in [-0.3, -0.25) is 4.68 Å². The zero-order valence-electron chi connectivity index (χ0n) is 10.4. The lowest BCUT2D eigenvalue weighted by Gasteiger charge is -2.15. The monoisotopic (exact) mass is 209 g/mol. The molecule has 0 spiro atoms. The minimum Gasteiger partial charge on any atom is -0.313 e. The van der Waals surface area contributed by atoms with Crippen molar-refractivity contribution >= 4 is 0 Å². The molecule has 86 valence electrons. The molecular formula is C12H23N3. The van der Waals surface area contributed by atoms with Crippen LogP contribution in [0.25, 0.3) is 0 Å². The van der Waals surface area contributed by atoms with E-state index in [0.717, 1.165) is 6.42 Å². The first-order chi connectivity index (χ1) is 7.22. The van der Waals surface area contributed by atoms with E-state index in [1.165, 1.54) is 30.5 Å². The Morgan fingerprint density at radius 3 is 2.73 bits per heavy atom. The molecule has 1 aromatic rings. The summed E-state index contributed by atoms with van der Waals surface area (Å²) in [6.45, 7) is 4.40. The molecule has 15 heavy (non-hydrogen) atoms. The summed E-state index contributed by atoms with van der Waals surface area (Å²) in [6, 6.07) is 0.466. The normalized spacial score (nSPS) is 13.1. The number of aryl methyl sites for hydroxylation is 2. The van der Waals surface area contributed by atoms with E-state index in [0.29, 0.717) is 6.04 Å². The summed E-state index contributed by atoms with van der Waals surface area (Å²) in [5.74, 6) is 0. The smallest absolute Gasteiger partial charge is 0.0669 e. The van der Waals surface area contributed by atoms with Crippen molar-refractivity contribution < 1.29 is 0 Å². The molecule has 0 aliphatic rings. The van der Waals surface area contributed by atoms with Crippen molar-refractivity contribution in [3.8, 4) is 0 Å². The second-order valence-electron chi connectivity index (χ2n) is 4.04. The van der Waals surface area contributed by atoms with Gasteiger partial charge >= 0.3 is 0 Å². The van der Waals surface area contributed by atoms with E-state index in [9.17, 15) is 0 Å². The van der Waals surface area contributed by atoms with E-state index in [1.807, 2.05) is 18.8 Å². The fraction of sp³-hybridized carbons (Fsp3) is 0.750. The van der Waals surface area contributed by atoms with E-state index >= 15 is 0 Å². The summed E-state index contributed by atoms with van der Waals surface area (Å²) < 4.78 is 1.92. The Bertz CT molecular complexity index is 291. The highest BCUT2D eigenvalue weighted by Crippen LogP contribution is 2.22. The number of nitrogens with zero attached hydrogens (tertiary/aromatic N) is 2. The maximum atomic E-state index is 4.48. The predicted molar refractivity (Wildman–Crippen MR) is 63.9 cm³/mol. The van der Waals surface area contributed by atoms with Gasteiger partial charge in [-0.05, 0) is 19.9 Å². The molecule has 3 heteroatoms. The van der Waals surface area contributed by atoms with Gasteiger partial charge in [0.15, 0.2) is 0 Å². The fourth-order valence-electron chi connectivity index (χ4n) is 1.98. The van der Waals surface area contributed by atoms with Crippen LogP contribution in [-0.4, -0.2) is 16.8 Å². The molecule has 0 fully saturated rings. The molecule has 1 atom stereocenters. The Labute approximate surface area is 92.9 Å². The Morgan fingerprint density at radius 1 is 1.47 bits per heavy atom. The maximum absolute atomic E-state index is 4.48. The highest BCUT2D eigenvalue weighted by atomic mass is 15.3. The van der Waals surface area contributed by atoms with Gasteiger partial charge in [-0.15, -0.1) is 0 Å². The summed E-state index contributed by atoms with van der Waals surface area (Å²) in [5, 5.41) is 7.87. The van der Waals surface area contributed by atoms with E-state index < -0.39 is 0 Å². The fourth-order valence-corrected chi connectivity index (χ4v) is 1.98. The van der Waals surface area contributed by atoms with Crippen LogP contribution in [0.5, 0.6) is 0 Å². The standard InChI is InChI=1S/C12H23N3/c1-5-7-8-12(13-3)10-9-15(4)14-11(10)6-2/h9,12-13H,5-8H2,1-4H3. The van der Waals surface area contributed by atoms with Crippen LogP contribution in [-0.2, 0) is 13.5 Å². The van der Waals surface area contributed by atoms with E-state index in [1.54, 1.807) is 0 Å². The molecule has 0 aliphatic heterocycles. The van der Waals surface area contributed by atoms with Crippen molar-refractivity contribution in [1.29, 1.82) is 0 Å². The van der Waals surface area contributed by atoms with Gasteiger partial charge in [0, 0.05) is 24.8 Å². The van der Waals surface area contributed by atoms with Crippen LogP contribution >= 0.6 is 0 Å². The molecule has 3 nitrogen and oxygen atoms in total. The molecule has 0 saturated carbocycles. The van der Waals surface area contributed by atoms with Gasteiger partial charge in [0.1, 0.15) is 0 Å². The summed E-state index contributed by atoms with van der Waals surface area (Å²) in [4.78, 5) is 0. The first kappa shape index (κ1) is 12.2. The van der Waals surface area contributed by atoms with Crippen molar-refractivity contribution in [2.75, 3.05) is 7.05 Å².